The Morgan fingerprint density at radius 2 is 2.10 bits per heavy atom. The molecule has 29 heavy (non-hydrogen) atoms. The number of aromatic nitrogens is 3. The SMILES string of the molecule is Cc1cc(C)cc(NC(=O)CSc2nnc(-c3ccco3)n2CC2CCCO2)c1. The lowest BCUT2D eigenvalue weighted by molar-refractivity contribution is -0.113. The van der Waals surface area contributed by atoms with Crippen LogP contribution in [-0.2, 0) is 16.1 Å². The highest BCUT2D eigenvalue weighted by molar-refractivity contribution is 7.99. The van der Waals surface area contributed by atoms with E-state index in [0.29, 0.717) is 23.3 Å². The minimum absolute atomic E-state index is 0.0776. The van der Waals surface area contributed by atoms with E-state index in [9.17, 15) is 4.79 Å². The summed E-state index contributed by atoms with van der Waals surface area (Å²) in [5, 5.41) is 12.2. The van der Waals surface area contributed by atoms with Crippen LogP contribution in [0.15, 0.2) is 46.2 Å². The summed E-state index contributed by atoms with van der Waals surface area (Å²) in [6.07, 6.45) is 3.81. The molecule has 8 heteroatoms. The molecule has 0 aliphatic carbocycles. The maximum atomic E-state index is 12.5. The maximum Gasteiger partial charge on any atom is 0.234 e. The predicted molar refractivity (Wildman–Crippen MR) is 112 cm³/mol. The predicted octanol–water partition coefficient (Wildman–Crippen LogP) is 4.06. The number of hydrogen-bond donors (Lipinski definition) is 1. The van der Waals surface area contributed by atoms with Crippen molar-refractivity contribution < 1.29 is 13.9 Å². The van der Waals surface area contributed by atoms with Gasteiger partial charge in [0.15, 0.2) is 10.9 Å². The second kappa shape index (κ2) is 8.84. The number of anilines is 1. The van der Waals surface area contributed by atoms with Gasteiger partial charge < -0.3 is 14.5 Å². The molecule has 1 aliphatic rings. The summed E-state index contributed by atoms with van der Waals surface area (Å²) in [7, 11) is 0. The van der Waals surface area contributed by atoms with Crippen molar-refractivity contribution in [3.63, 3.8) is 0 Å². The number of aryl methyl sites for hydroxylation is 2. The number of benzene rings is 1. The molecule has 1 saturated heterocycles. The van der Waals surface area contributed by atoms with Crippen LogP contribution in [0.5, 0.6) is 0 Å². The number of amides is 1. The van der Waals surface area contributed by atoms with Gasteiger partial charge in [-0.3, -0.25) is 9.36 Å². The van der Waals surface area contributed by atoms with Gasteiger partial charge in [-0.1, -0.05) is 17.8 Å². The molecule has 1 aromatic carbocycles. The van der Waals surface area contributed by atoms with Crippen LogP contribution >= 0.6 is 11.8 Å². The van der Waals surface area contributed by atoms with Gasteiger partial charge in [0.1, 0.15) is 0 Å². The van der Waals surface area contributed by atoms with Gasteiger partial charge in [-0.05, 0) is 62.1 Å². The van der Waals surface area contributed by atoms with Crippen molar-refractivity contribution in [1.82, 2.24) is 14.8 Å². The molecule has 0 saturated carbocycles. The van der Waals surface area contributed by atoms with Crippen molar-refractivity contribution in [2.45, 2.75) is 44.5 Å². The van der Waals surface area contributed by atoms with Crippen LogP contribution in [0.3, 0.4) is 0 Å². The Kier molecular flexibility index (Phi) is 6.01. The molecule has 1 atom stereocenters. The number of nitrogens with zero attached hydrogens (tertiary/aromatic N) is 3. The normalized spacial score (nSPS) is 16.3. The molecule has 0 bridgehead atoms. The Bertz CT molecular complexity index is 958. The number of hydrogen-bond acceptors (Lipinski definition) is 6. The van der Waals surface area contributed by atoms with Crippen molar-refractivity contribution in [3.05, 3.63) is 47.7 Å². The van der Waals surface area contributed by atoms with Gasteiger partial charge in [0.2, 0.25) is 11.7 Å². The number of carbonyl (C=O) groups excluding carboxylic acids is 1. The highest BCUT2D eigenvalue weighted by Gasteiger charge is 2.23. The monoisotopic (exact) mass is 412 g/mol. The number of thioether (sulfide) groups is 1. The highest BCUT2D eigenvalue weighted by atomic mass is 32.2. The molecule has 1 N–H and O–H groups in total. The Labute approximate surface area is 173 Å². The van der Waals surface area contributed by atoms with Crippen LogP contribution in [0.2, 0.25) is 0 Å². The van der Waals surface area contributed by atoms with E-state index in [-0.39, 0.29) is 17.8 Å². The Hall–Kier alpha value is -2.58. The molecule has 3 aromatic rings. The fourth-order valence-electron chi connectivity index (χ4n) is 3.51. The summed E-state index contributed by atoms with van der Waals surface area (Å²) < 4.78 is 13.3. The molecular formula is C21H24N4O3S. The molecule has 1 aliphatic heterocycles. The lowest BCUT2D eigenvalue weighted by Crippen LogP contribution is -2.18. The smallest absolute Gasteiger partial charge is 0.234 e. The van der Waals surface area contributed by atoms with Crippen LogP contribution in [0.1, 0.15) is 24.0 Å². The van der Waals surface area contributed by atoms with Gasteiger partial charge in [0.25, 0.3) is 0 Å². The summed E-state index contributed by atoms with van der Waals surface area (Å²) >= 11 is 1.36. The number of ether oxygens (including phenoxy) is 1. The topological polar surface area (TPSA) is 82.2 Å². The van der Waals surface area contributed by atoms with Crippen LogP contribution in [-0.4, -0.2) is 39.1 Å². The largest absolute Gasteiger partial charge is 0.461 e. The molecular weight excluding hydrogens is 388 g/mol. The minimum atomic E-state index is -0.0776. The molecule has 2 aromatic heterocycles. The lowest BCUT2D eigenvalue weighted by atomic mass is 10.1. The van der Waals surface area contributed by atoms with Gasteiger partial charge in [-0.2, -0.15) is 0 Å². The second-order valence-electron chi connectivity index (χ2n) is 7.24. The highest BCUT2D eigenvalue weighted by Crippen LogP contribution is 2.27. The number of furan rings is 1. The van der Waals surface area contributed by atoms with Gasteiger partial charge in [-0.15, -0.1) is 10.2 Å². The quantitative estimate of drug-likeness (QED) is 0.589. The first-order chi connectivity index (χ1) is 14.1. The van der Waals surface area contributed by atoms with E-state index in [1.807, 2.05) is 42.7 Å². The van der Waals surface area contributed by atoms with E-state index in [0.717, 1.165) is 36.3 Å². The fraction of sp³-hybridized carbons (Fsp3) is 0.381. The summed E-state index contributed by atoms with van der Waals surface area (Å²) in [4.78, 5) is 12.5. The van der Waals surface area contributed by atoms with Crippen molar-refractivity contribution in [3.8, 4) is 11.6 Å². The third kappa shape index (κ3) is 4.89. The van der Waals surface area contributed by atoms with E-state index < -0.39 is 0 Å². The molecule has 0 spiro atoms. The molecule has 3 heterocycles. The van der Waals surface area contributed by atoms with Crippen LogP contribution in [0, 0.1) is 13.8 Å². The number of nitrogens with one attached hydrogen (secondary N) is 1. The van der Waals surface area contributed by atoms with E-state index in [2.05, 4.69) is 21.6 Å². The summed E-state index contributed by atoms with van der Waals surface area (Å²) in [5.41, 5.74) is 3.05. The van der Waals surface area contributed by atoms with Crippen LogP contribution in [0.25, 0.3) is 11.6 Å². The number of carbonyl (C=O) groups is 1. The molecule has 7 nitrogen and oxygen atoms in total. The molecule has 1 unspecified atom stereocenters. The van der Waals surface area contributed by atoms with Gasteiger partial charge in [0, 0.05) is 12.3 Å². The van der Waals surface area contributed by atoms with E-state index in [1.165, 1.54) is 11.8 Å². The summed E-state index contributed by atoms with van der Waals surface area (Å²) in [6.45, 7) is 5.45. The number of rotatable bonds is 7. The third-order valence-corrected chi connectivity index (χ3v) is 5.67. The zero-order chi connectivity index (χ0) is 20.2. The first-order valence-corrected chi connectivity index (χ1v) is 10.7. The van der Waals surface area contributed by atoms with Crippen molar-refractivity contribution in [1.29, 1.82) is 0 Å². The Balaban J connectivity index is 1.46. The van der Waals surface area contributed by atoms with Crippen molar-refractivity contribution in [2.75, 3.05) is 17.7 Å². The van der Waals surface area contributed by atoms with Gasteiger partial charge >= 0.3 is 0 Å². The van der Waals surface area contributed by atoms with Crippen LogP contribution in [0.4, 0.5) is 5.69 Å². The Morgan fingerprint density at radius 1 is 1.28 bits per heavy atom. The molecule has 1 fully saturated rings. The average Bonchev–Trinajstić information content (AvgIpc) is 3.42. The zero-order valence-electron chi connectivity index (χ0n) is 16.6. The summed E-state index contributed by atoms with van der Waals surface area (Å²) in [5.74, 6) is 1.48. The molecule has 4 rings (SSSR count). The van der Waals surface area contributed by atoms with E-state index in [1.54, 1.807) is 6.26 Å². The lowest BCUT2D eigenvalue weighted by Gasteiger charge is -2.14. The van der Waals surface area contributed by atoms with E-state index >= 15 is 0 Å². The molecule has 1 amide bonds. The van der Waals surface area contributed by atoms with E-state index in [4.69, 9.17) is 9.15 Å². The average molecular weight is 413 g/mol. The second-order valence-corrected chi connectivity index (χ2v) is 8.18. The third-order valence-electron chi connectivity index (χ3n) is 4.71. The first-order valence-electron chi connectivity index (χ1n) is 9.68. The maximum absolute atomic E-state index is 12.5. The van der Waals surface area contributed by atoms with Gasteiger partial charge in [0.05, 0.1) is 24.7 Å². The minimum Gasteiger partial charge on any atom is -0.461 e. The molecule has 152 valence electrons. The van der Waals surface area contributed by atoms with Crippen molar-refractivity contribution in [2.24, 2.45) is 0 Å². The zero-order valence-corrected chi connectivity index (χ0v) is 17.4. The summed E-state index contributed by atoms with van der Waals surface area (Å²) in [6, 6.07) is 9.69. The Morgan fingerprint density at radius 3 is 2.79 bits per heavy atom. The van der Waals surface area contributed by atoms with Crippen molar-refractivity contribution >= 4 is 23.4 Å². The fourth-order valence-corrected chi connectivity index (χ4v) is 4.26. The standard InChI is InChI=1S/C21H24N4O3S/c1-14-9-15(2)11-16(10-14)22-19(26)13-29-21-24-23-20(18-6-4-8-28-18)25(21)12-17-5-3-7-27-17/h4,6,8-11,17H,3,5,7,12-13H2,1-2H3,(H,22,26). The van der Waals surface area contributed by atoms with Gasteiger partial charge in [-0.25, -0.2) is 0 Å². The van der Waals surface area contributed by atoms with Crippen LogP contribution < -0.4 is 5.32 Å². The first kappa shape index (κ1) is 19.7. The molecule has 0 radical (unpaired) electrons.